The fourth-order valence-electron chi connectivity index (χ4n) is 3.70. The Labute approximate surface area is 171 Å². The monoisotopic (exact) mass is 398 g/mol. The second-order valence-electron chi connectivity index (χ2n) is 7.54. The van der Waals surface area contributed by atoms with Crippen LogP contribution in [0.4, 0.5) is 5.69 Å². The lowest BCUT2D eigenvalue weighted by molar-refractivity contribution is -0.126. The highest BCUT2D eigenvalue weighted by Gasteiger charge is 2.26. The number of anilines is 1. The summed E-state index contributed by atoms with van der Waals surface area (Å²) in [6, 6.07) is 9.32. The fourth-order valence-corrected chi connectivity index (χ4v) is 3.70. The van der Waals surface area contributed by atoms with Gasteiger partial charge in [-0.15, -0.1) is 0 Å². The van der Waals surface area contributed by atoms with E-state index < -0.39 is 0 Å². The molecule has 156 valence electrons. The van der Waals surface area contributed by atoms with E-state index in [0.717, 1.165) is 49.4 Å². The number of benzene rings is 1. The Hall–Kier alpha value is -2.83. The van der Waals surface area contributed by atoms with Crippen molar-refractivity contribution < 1.29 is 9.53 Å². The normalized spacial score (nSPS) is 15.8. The van der Waals surface area contributed by atoms with Crippen LogP contribution >= 0.6 is 0 Å². The van der Waals surface area contributed by atoms with Gasteiger partial charge in [-0.05, 0) is 43.9 Å². The number of amides is 1. The Bertz CT molecular complexity index is 888. The number of aryl methyl sites for hydroxylation is 1. The number of rotatable bonds is 7. The van der Waals surface area contributed by atoms with Crippen LogP contribution in [-0.2, 0) is 11.3 Å². The zero-order chi connectivity index (χ0) is 20.8. The molecule has 2 aromatic rings. The Balaban J connectivity index is 1.55. The third-order valence-electron chi connectivity index (χ3n) is 5.47. The van der Waals surface area contributed by atoms with E-state index in [4.69, 9.17) is 4.74 Å². The quantitative estimate of drug-likeness (QED) is 0.776. The van der Waals surface area contributed by atoms with Crippen molar-refractivity contribution in [1.82, 2.24) is 15.1 Å². The third-order valence-corrected chi connectivity index (χ3v) is 5.47. The van der Waals surface area contributed by atoms with Crippen molar-refractivity contribution >= 4 is 11.6 Å². The van der Waals surface area contributed by atoms with E-state index in [1.807, 2.05) is 38.1 Å². The maximum Gasteiger partial charge on any atom is 0.268 e. The summed E-state index contributed by atoms with van der Waals surface area (Å²) >= 11 is 0. The average Bonchev–Trinajstić information content (AvgIpc) is 2.75. The van der Waals surface area contributed by atoms with Crippen LogP contribution in [0.15, 0.2) is 41.3 Å². The van der Waals surface area contributed by atoms with E-state index >= 15 is 0 Å². The van der Waals surface area contributed by atoms with Gasteiger partial charge in [0.1, 0.15) is 5.75 Å². The minimum Gasteiger partial charge on any atom is -0.497 e. The molecular weight excluding hydrogens is 368 g/mol. The molecule has 1 amide bonds. The summed E-state index contributed by atoms with van der Waals surface area (Å²) in [5, 5.41) is 7.38. The van der Waals surface area contributed by atoms with Gasteiger partial charge in [0.05, 0.1) is 25.0 Å². The number of nitrogens with zero attached hydrogens (tertiary/aromatic N) is 3. The van der Waals surface area contributed by atoms with Gasteiger partial charge in [-0.1, -0.05) is 19.1 Å². The van der Waals surface area contributed by atoms with E-state index in [0.29, 0.717) is 6.54 Å². The first-order valence-corrected chi connectivity index (χ1v) is 10.3. The van der Waals surface area contributed by atoms with Crippen molar-refractivity contribution in [3.8, 4) is 5.75 Å². The van der Waals surface area contributed by atoms with Crippen LogP contribution < -0.4 is 20.5 Å². The van der Waals surface area contributed by atoms with E-state index in [-0.39, 0.29) is 23.4 Å². The van der Waals surface area contributed by atoms with E-state index in [9.17, 15) is 9.59 Å². The molecule has 29 heavy (non-hydrogen) atoms. The lowest BCUT2D eigenvalue weighted by Gasteiger charge is -2.33. The number of hydrogen-bond donors (Lipinski definition) is 1. The second-order valence-corrected chi connectivity index (χ2v) is 7.54. The number of carbonyl (C=O) groups is 1. The molecule has 1 N–H and O–H groups in total. The maximum absolute atomic E-state index is 12.7. The van der Waals surface area contributed by atoms with Crippen LogP contribution in [0.5, 0.6) is 5.75 Å². The minimum absolute atomic E-state index is 0.0206. The molecule has 3 rings (SSSR count). The first-order valence-electron chi connectivity index (χ1n) is 10.3. The van der Waals surface area contributed by atoms with Crippen molar-refractivity contribution in [2.75, 3.05) is 25.1 Å². The topological polar surface area (TPSA) is 76.5 Å². The van der Waals surface area contributed by atoms with Crippen molar-refractivity contribution in [2.24, 2.45) is 5.92 Å². The summed E-state index contributed by atoms with van der Waals surface area (Å²) in [7, 11) is 1.64. The lowest BCUT2D eigenvalue weighted by atomic mass is 9.95. The van der Waals surface area contributed by atoms with Crippen LogP contribution in [0.3, 0.4) is 0 Å². The number of piperidine rings is 1. The van der Waals surface area contributed by atoms with Crippen LogP contribution in [-0.4, -0.2) is 35.9 Å². The predicted octanol–water partition coefficient (Wildman–Crippen LogP) is 2.76. The number of methoxy groups -OCH3 is 1. The SMILES string of the molecule is CCCn1ncc(N2CCC(C(=O)NC(C)c3cccc(OC)c3)CC2)cc1=O. The zero-order valence-corrected chi connectivity index (χ0v) is 17.4. The summed E-state index contributed by atoms with van der Waals surface area (Å²) in [6.45, 7) is 6.12. The number of carbonyl (C=O) groups excluding carboxylic acids is 1. The highest BCUT2D eigenvalue weighted by molar-refractivity contribution is 5.79. The molecule has 0 bridgehead atoms. The summed E-state index contributed by atoms with van der Waals surface area (Å²) in [4.78, 5) is 27.0. The van der Waals surface area contributed by atoms with Gasteiger partial charge in [-0.25, -0.2) is 4.68 Å². The average molecular weight is 399 g/mol. The van der Waals surface area contributed by atoms with E-state index in [2.05, 4.69) is 15.3 Å². The van der Waals surface area contributed by atoms with E-state index in [1.165, 1.54) is 4.68 Å². The summed E-state index contributed by atoms with van der Waals surface area (Å²) in [6.07, 6.45) is 4.15. The maximum atomic E-state index is 12.7. The molecule has 1 aliphatic heterocycles. The Morgan fingerprint density at radius 3 is 2.72 bits per heavy atom. The molecule has 7 heteroatoms. The van der Waals surface area contributed by atoms with Crippen molar-refractivity contribution in [3.63, 3.8) is 0 Å². The van der Waals surface area contributed by atoms with Gasteiger partial charge < -0.3 is 15.0 Å². The number of ether oxygens (including phenoxy) is 1. The molecule has 1 aliphatic rings. The summed E-state index contributed by atoms with van der Waals surface area (Å²) < 4.78 is 6.75. The first kappa shape index (κ1) is 20.9. The number of hydrogen-bond acceptors (Lipinski definition) is 5. The Morgan fingerprint density at radius 1 is 1.31 bits per heavy atom. The zero-order valence-electron chi connectivity index (χ0n) is 17.4. The largest absolute Gasteiger partial charge is 0.497 e. The molecule has 0 radical (unpaired) electrons. The summed E-state index contributed by atoms with van der Waals surface area (Å²) in [5.74, 6) is 0.843. The fraction of sp³-hybridized carbons (Fsp3) is 0.500. The van der Waals surface area contributed by atoms with Crippen LogP contribution in [0.1, 0.15) is 44.7 Å². The highest BCUT2D eigenvalue weighted by atomic mass is 16.5. The molecule has 0 saturated carbocycles. The summed E-state index contributed by atoms with van der Waals surface area (Å²) in [5.41, 5.74) is 1.79. The highest BCUT2D eigenvalue weighted by Crippen LogP contribution is 2.24. The van der Waals surface area contributed by atoms with Gasteiger partial charge >= 0.3 is 0 Å². The molecule has 1 atom stereocenters. The van der Waals surface area contributed by atoms with Crippen LogP contribution in [0, 0.1) is 5.92 Å². The predicted molar refractivity (Wildman–Crippen MR) is 113 cm³/mol. The molecule has 2 heterocycles. The molecule has 0 aliphatic carbocycles. The van der Waals surface area contributed by atoms with Gasteiger partial charge in [0.25, 0.3) is 5.56 Å². The van der Waals surface area contributed by atoms with Crippen molar-refractivity contribution in [2.45, 2.75) is 45.7 Å². The minimum atomic E-state index is -0.0778. The standard InChI is InChI=1S/C22H30N4O3/c1-4-10-26-21(27)14-19(15-23-26)25-11-8-17(9-12-25)22(28)24-16(2)18-6-5-7-20(13-18)29-3/h5-7,13-17H,4,8-12H2,1-3H3,(H,24,28). The molecule has 1 fully saturated rings. The molecule has 1 saturated heterocycles. The van der Waals surface area contributed by atoms with Gasteiger partial charge in [0.2, 0.25) is 5.91 Å². The van der Waals surface area contributed by atoms with Gasteiger partial charge in [0, 0.05) is 31.6 Å². The molecule has 7 nitrogen and oxygen atoms in total. The Morgan fingerprint density at radius 2 is 2.07 bits per heavy atom. The second kappa shape index (κ2) is 9.58. The molecule has 1 unspecified atom stereocenters. The van der Waals surface area contributed by atoms with Crippen LogP contribution in [0.2, 0.25) is 0 Å². The van der Waals surface area contributed by atoms with Crippen molar-refractivity contribution in [1.29, 1.82) is 0 Å². The van der Waals surface area contributed by atoms with E-state index in [1.54, 1.807) is 19.4 Å². The van der Waals surface area contributed by atoms with Gasteiger partial charge in [-0.2, -0.15) is 5.10 Å². The third kappa shape index (κ3) is 5.16. The smallest absolute Gasteiger partial charge is 0.268 e. The first-order chi connectivity index (χ1) is 14.0. The lowest BCUT2D eigenvalue weighted by Crippen LogP contribution is -2.41. The Kier molecular flexibility index (Phi) is 6.90. The number of aromatic nitrogens is 2. The number of nitrogens with one attached hydrogen (secondary N) is 1. The van der Waals surface area contributed by atoms with Crippen molar-refractivity contribution in [3.05, 3.63) is 52.4 Å². The molecule has 0 spiro atoms. The molecular formula is C22H30N4O3. The van der Waals surface area contributed by atoms with Gasteiger partial charge in [0.15, 0.2) is 0 Å². The molecule has 1 aromatic heterocycles. The van der Waals surface area contributed by atoms with Crippen LogP contribution in [0.25, 0.3) is 0 Å². The molecule has 1 aromatic carbocycles. The van der Waals surface area contributed by atoms with Gasteiger partial charge in [-0.3, -0.25) is 9.59 Å².